The largest absolute Gasteiger partial charge is 0.463 e. The Morgan fingerprint density at radius 3 is 2.42 bits per heavy atom. The van der Waals surface area contributed by atoms with Crippen LogP contribution in [0.2, 0.25) is 0 Å². The fourth-order valence-corrected chi connectivity index (χ4v) is 4.52. The lowest BCUT2D eigenvalue weighted by Crippen LogP contribution is -2.46. The predicted molar refractivity (Wildman–Crippen MR) is 141 cm³/mol. The quantitative estimate of drug-likeness (QED) is 0.284. The second-order valence-electron chi connectivity index (χ2n) is 9.89. The lowest BCUT2D eigenvalue weighted by atomic mass is 9.96. The summed E-state index contributed by atoms with van der Waals surface area (Å²) in [6.07, 6.45) is 6.45. The minimum absolute atomic E-state index is 0.0196. The Kier molecular flexibility index (Phi) is 12.4. The number of esters is 1. The average Bonchev–Trinajstić information content (AvgIpc) is 3.35. The standard InChI is InChI=1S/C29H42N2O5/c1-5-11-23(18-27(33)31-16-10-15-25(31)19-32)28(34)30-26(21(3)4)20-36-29(35)24(12-6-2)17-22-13-8-7-9-14-22/h5-9,13-14,21,23-26,32H,1-2,10-12,15-20H2,3-4H3,(H,30,34)/t23-,24+,25+,26-/m1/s1. The van der Waals surface area contributed by atoms with Gasteiger partial charge in [0, 0.05) is 13.0 Å². The number of hydrogen-bond acceptors (Lipinski definition) is 5. The number of nitrogens with one attached hydrogen (secondary N) is 1. The van der Waals surface area contributed by atoms with E-state index in [1.807, 2.05) is 44.2 Å². The molecule has 0 aliphatic carbocycles. The van der Waals surface area contributed by atoms with Crippen LogP contribution < -0.4 is 5.32 Å². The van der Waals surface area contributed by atoms with Crippen molar-refractivity contribution in [2.75, 3.05) is 19.8 Å². The molecule has 0 unspecified atom stereocenters. The highest BCUT2D eigenvalue weighted by atomic mass is 16.5. The number of amides is 2. The van der Waals surface area contributed by atoms with Crippen molar-refractivity contribution in [3.63, 3.8) is 0 Å². The fourth-order valence-electron chi connectivity index (χ4n) is 4.52. The van der Waals surface area contributed by atoms with Crippen molar-refractivity contribution in [3.05, 3.63) is 61.2 Å². The van der Waals surface area contributed by atoms with Gasteiger partial charge in [-0.15, -0.1) is 13.2 Å². The third kappa shape index (κ3) is 8.94. The molecule has 0 saturated carbocycles. The Balaban J connectivity index is 1.98. The molecule has 0 bridgehead atoms. The van der Waals surface area contributed by atoms with Crippen molar-refractivity contribution >= 4 is 17.8 Å². The summed E-state index contributed by atoms with van der Waals surface area (Å²) < 4.78 is 5.66. The second-order valence-corrected chi connectivity index (χ2v) is 9.89. The molecule has 1 aromatic carbocycles. The fraction of sp³-hybridized carbons (Fsp3) is 0.552. The van der Waals surface area contributed by atoms with Crippen molar-refractivity contribution in [1.29, 1.82) is 0 Å². The van der Waals surface area contributed by atoms with Crippen LogP contribution in [-0.2, 0) is 25.5 Å². The van der Waals surface area contributed by atoms with Gasteiger partial charge in [-0.05, 0) is 43.6 Å². The van der Waals surface area contributed by atoms with Gasteiger partial charge in [0.05, 0.1) is 30.5 Å². The molecule has 2 rings (SSSR count). The summed E-state index contributed by atoms with van der Waals surface area (Å²) in [6.45, 7) is 12.0. The molecule has 4 atom stereocenters. The summed E-state index contributed by atoms with van der Waals surface area (Å²) in [5, 5.41) is 12.5. The zero-order valence-corrected chi connectivity index (χ0v) is 21.7. The highest BCUT2D eigenvalue weighted by Crippen LogP contribution is 2.21. The van der Waals surface area contributed by atoms with E-state index in [9.17, 15) is 19.5 Å². The summed E-state index contributed by atoms with van der Waals surface area (Å²) in [6, 6.07) is 9.21. The van der Waals surface area contributed by atoms with E-state index in [0.717, 1.165) is 18.4 Å². The van der Waals surface area contributed by atoms with Crippen LogP contribution in [0, 0.1) is 17.8 Å². The average molecular weight is 499 g/mol. The number of allylic oxidation sites excluding steroid dienone is 2. The third-order valence-electron chi connectivity index (χ3n) is 6.80. The molecule has 2 N–H and O–H groups in total. The summed E-state index contributed by atoms with van der Waals surface area (Å²) in [7, 11) is 0. The number of rotatable bonds is 15. The zero-order valence-electron chi connectivity index (χ0n) is 21.7. The van der Waals surface area contributed by atoms with Gasteiger partial charge in [0.25, 0.3) is 0 Å². The lowest BCUT2D eigenvalue weighted by Gasteiger charge is -2.27. The molecule has 0 aromatic heterocycles. The number of aliphatic hydroxyl groups is 1. The van der Waals surface area contributed by atoms with Crippen LogP contribution >= 0.6 is 0 Å². The van der Waals surface area contributed by atoms with Crippen LogP contribution in [0.25, 0.3) is 0 Å². The number of ether oxygens (including phenoxy) is 1. The SMILES string of the molecule is C=CC[C@H](CC(=O)N1CCC[C@H]1CO)C(=O)N[C@H](COC(=O)[C@@H](CC=C)Cc1ccccc1)C(C)C. The van der Waals surface area contributed by atoms with Gasteiger partial charge >= 0.3 is 5.97 Å². The van der Waals surface area contributed by atoms with E-state index in [1.54, 1.807) is 17.1 Å². The van der Waals surface area contributed by atoms with Gasteiger partial charge in [0.1, 0.15) is 6.61 Å². The van der Waals surface area contributed by atoms with Crippen molar-refractivity contribution < 1.29 is 24.2 Å². The molecule has 0 radical (unpaired) electrons. The second kappa shape index (κ2) is 15.2. The number of benzene rings is 1. The van der Waals surface area contributed by atoms with E-state index in [1.165, 1.54) is 0 Å². The van der Waals surface area contributed by atoms with Crippen LogP contribution in [0.15, 0.2) is 55.6 Å². The first-order valence-corrected chi connectivity index (χ1v) is 12.9. The molecule has 1 saturated heterocycles. The first kappa shape index (κ1) is 29.3. The van der Waals surface area contributed by atoms with Gasteiger partial charge in [-0.25, -0.2) is 0 Å². The van der Waals surface area contributed by atoms with E-state index in [0.29, 0.717) is 25.8 Å². The first-order valence-electron chi connectivity index (χ1n) is 12.9. The molecule has 7 nitrogen and oxygen atoms in total. The Morgan fingerprint density at radius 1 is 1.14 bits per heavy atom. The topological polar surface area (TPSA) is 95.9 Å². The molecular formula is C29H42N2O5. The van der Waals surface area contributed by atoms with Gasteiger partial charge in [-0.2, -0.15) is 0 Å². The van der Waals surface area contributed by atoms with Gasteiger partial charge < -0.3 is 20.1 Å². The molecule has 198 valence electrons. The molecule has 7 heteroatoms. The highest BCUT2D eigenvalue weighted by Gasteiger charge is 2.32. The summed E-state index contributed by atoms with van der Waals surface area (Å²) in [5.74, 6) is -1.61. The minimum Gasteiger partial charge on any atom is -0.463 e. The minimum atomic E-state index is -0.571. The van der Waals surface area contributed by atoms with Crippen molar-refractivity contribution in [3.8, 4) is 0 Å². The van der Waals surface area contributed by atoms with E-state index >= 15 is 0 Å². The molecule has 1 fully saturated rings. The predicted octanol–water partition coefficient (Wildman–Crippen LogP) is 3.67. The van der Waals surface area contributed by atoms with Gasteiger partial charge in [0.15, 0.2) is 0 Å². The zero-order chi connectivity index (χ0) is 26.5. The maximum Gasteiger partial charge on any atom is 0.309 e. The highest BCUT2D eigenvalue weighted by molar-refractivity contribution is 5.86. The molecule has 1 heterocycles. The van der Waals surface area contributed by atoms with Gasteiger partial charge in [0.2, 0.25) is 11.8 Å². The van der Waals surface area contributed by atoms with Crippen LogP contribution in [-0.4, -0.2) is 59.6 Å². The summed E-state index contributed by atoms with van der Waals surface area (Å²) in [5.41, 5.74) is 1.05. The molecule has 1 aliphatic rings. The maximum atomic E-state index is 13.1. The number of aliphatic hydroxyl groups excluding tert-OH is 1. The Labute approximate surface area is 215 Å². The first-order chi connectivity index (χ1) is 17.3. The number of nitrogens with zero attached hydrogens (tertiary/aromatic N) is 1. The van der Waals surface area contributed by atoms with Crippen molar-refractivity contribution in [2.24, 2.45) is 17.8 Å². The van der Waals surface area contributed by atoms with E-state index in [-0.39, 0.29) is 61.3 Å². The third-order valence-corrected chi connectivity index (χ3v) is 6.80. The van der Waals surface area contributed by atoms with E-state index < -0.39 is 5.92 Å². The smallest absolute Gasteiger partial charge is 0.309 e. The molecule has 2 amide bonds. The molecule has 1 aliphatic heterocycles. The molecular weight excluding hydrogens is 456 g/mol. The number of carbonyl (C=O) groups is 3. The Hall–Kier alpha value is -2.93. The van der Waals surface area contributed by atoms with E-state index in [4.69, 9.17) is 4.74 Å². The van der Waals surface area contributed by atoms with Crippen LogP contribution in [0.1, 0.15) is 51.5 Å². The van der Waals surface area contributed by atoms with Crippen LogP contribution in [0.3, 0.4) is 0 Å². The lowest BCUT2D eigenvalue weighted by molar-refractivity contribution is -0.150. The molecule has 0 spiro atoms. The van der Waals surface area contributed by atoms with Crippen LogP contribution in [0.4, 0.5) is 0 Å². The van der Waals surface area contributed by atoms with Gasteiger partial charge in [-0.1, -0.05) is 56.3 Å². The monoisotopic (exact) mass is 498 g/mol. The van der Waals surface area contributed by atoms with Crippen LogP contribution in [0.5, 0.6) is 0 Å². The van der Waals surface area contributed by atoms with Gasteiger partial charge in [-0.3, -0.25) is 14.4 Å². The van der Waals surface area contributed by atoms with Crippen molar-refractivity contribution in [2.45, 2.75) is 64.5 Å². The van der Waals surface area contributed by atoms with Crippen molar-refractivity contribution in [1.82, 2.24) is 10.2 Å². The normalized spacial score (nSPS) is 17.8. The van der Waals surface area contributed by atoms with E-state index in [2.05, 4.69) is 18.5 Å². The molecule has 1 aromatic rings. The maximum absolute atomic E-state index is 13.1. The molecule has 36 heavy (non-hydrogen) atoms. The number of carbonyl (C=O) groups excluding carboxylic acids is 3. The Morgan fingerprint density at radius 2 is 1.81 bits per heavy atom. The summed E-state index contributed by atoms with van der Waals surface area (Å²) in [4.78, 5) is 40.5. The number of hydrogen-bond donors (Lipinski definition) is 2. The summed E-state index contributed by atoms with van der Waals surface area (Å²) >= 11 is 0. The number of likely N-dealkylation sites (tertiary alicyclic amines) is 1. The Bertz CT molecular complexity index is 870.